The number of rotatable bonds is 14. The monoisotopic (exact) mass is 883 g/mol. The van der Waals surface area contributed by atoms with E-state index in [1.54, 1.807) is 19.2 Å². The first kappa shape index (κ1) is 43.8. The number of β-amino-alcohol motifs (C(OH)–C–C–N with tert-alkyl or cyclic N) is 1. The first-order valence-corrected chi connectivity index (χ1v) is 22.7. The maximum Gasteiger partial charge on any atom is 0.301 e. The number of nitrogens with one attached hydrogen (secondary N) is 4. The van der Waals surface area contributed by atoms with Crippen LogP contribution in [0.25, 0.3) is 22.2 Å². The number of H-pyrrole nitrogens is 1. The number of piperidine rings is 2. The summed E-state index contributed by atoms with van der Waals surface area (Å²) in [5.74, 6) is -3.51. The summed E-state index contributed by atoms with van der Waals surface area (Å²) >= 11 is 0. The zero-order valence-electron chi connectivity index (χ0n) is 35.1. The topological polar surface area (TPSA) is 183 Å². The van der Waals surface area contributed by atoms with Gasteiger partial charge in [0.2, 0.25) is 17.6 Å². The average Bonchev–Trinajstić information content (AvgIpc) is 3.72. The number of anilines is 3. The van der Waals surface area contributed by atoms with Crippen molar-refractivity contribution in [2.75, 3.05) is 74.3 Å². The number of pyridine rings is 1. The molecule has 0 saturated carbocycles. The summed E-state index contributed by atoms with van der Waals surface area (Å²) in [4.78, 5) is 51.3. The third kappa shape index (κ3) is 9.59. The van der Waals surface area contributed by atoms with E-state index in [2.05, 4.69) is 52.2 Å². The second-order valence-corrected chi connectivity index (χ2v) is 18.1. The Balaban J connectivity index is 0.833. The fourth-order valence-corrected chi connectivity index (χ4v) is 9.46. The highest BCUT2D eigenvalue weighted by Crippen LogP contribution is 2.32. The third-order valence-corrected chi connectivity index (χ3v) is 14.0. The number of aromatic nitrogens is 2. The summed E-state index contributed by atoms with van der Waals surface area (Å²) < 4.78 is 58.8. The van der Waals surface area contributed by atoms with Crippen LogP contribution in [0.2, 0.25) is 0 Å². The highest BCUT2D eigenvalue weighted by atomic mass is 32.2. The fraction of sp³-hybridized carbons (Fsp3) is 0.378. The number of halogens is 2. The van der Waals surface area contributed by atoms with Crippen LogP contribution in [0.5, 0.6) is 0 Å². The van der Waals surface area contributed by atoms with Crippen molar-refractivity contribution < 1.29 is 36.7 Å². The van der Waals surface area contributed by atoms with Gasteiger partial charge in [-0.15, -0.1) is 0 Å². The van der Waals surface area contributed by atoms with Gasteiger partial charge in [0.25, 0.3) is 0 Å². The number of carbonyl (C=O) groups excluding carboxylic acids is 3. The number of hydrogen-bond acceptors (Lipinski definition) is 11. The van der Waals surface area contributed by atoms with Crippen LogP contribution < -0.4 is 20.3 Å². The van der Waals surface area contributed by atoms with Gasteiger partial charge in [0.05, 0.1) is 11.3 Å². The van der Waals surface area contributed by atoms with Crippen molar-refractivity contribution in [3.63, 3.8) is 0 Å². The van der Waals surface area contributed by atoms with E-state index in [9.17, 15) is 27.9 Å². The first-order valence-electron chi connectivity index (χ1n) is 21.2. The van der Waals surface area contributed by atoms with Crippen LogP contribution in [0.15, 0.2) is 79.1 Å². The predicted octanol–water partition coefficient (Wildman–Crippen LogP) is 4.88. The number of ketones is 1. The molecular weight excluding hydrogens is 833 g/mol. The number of likely N-dealkylation sites (tertiary alicyclic amines) is 1. The lowest BCUT2D eigenvalue weighted by Crippen LogP contribution is -2.54. The molecule has 2 unspecified atom stereocenters. The molecule has 0 bridgehead atoms. The molecule has 3 saturated heterocycles. The lowest BCUT2D eigenvalue weighted by atomic mass is 9.89. The summed E-state index contributed by atoms with van der Waals surface area (Å²) in [5.41, 5.74) is 3.52. The van der Waals surface area contributed by atoms with Gasteiger partial charge >= 0.3 is 10.2 Å². The maximum absolute atomic E-state index is 15.6. The largest absolute Gasteiger partial charge is 0.377 e. The molecular formula is C45H51F2N9O6S. The molecule has 0 radical (unpaired) electrons. The summed E-state index contributed by atoms with van der Waals surface area (Å²) in [6, 6.07) is 19.2. The average molecular weight is 884 g/mol. The van der Waals surface area contributed by atoms with Gasteiger partial charge in [-0.05, 0) is 91.9 Å². The van der Waals surface area contributed by atoms with E-state index in [0.717, 1.165) is 72.4 Å². The van der Waals surface area contributed by atoms with E-state index in [0.29, 0.717) is 55.0 Å². The quantitative estimate of drug-likeness (QED) is 0.0757. The van der Waals surface area contributed by atoms with Crippen LogP contribution in [-0.4, -0.2) is 127 Å². The van der Waals surface area contributed by atoms with Gasteiger partial charge in [0.15, 0.2) is 5.82 Å². The van der Waals surface area contributed by atoms with Crippen LogP contribution >= 0.6 is 0 Å². The van der Waals surface area contributed by atoms with Crippen molar-refractivity contribution in [1.82, 2.24) is 29.4 Å². The number of carbonyl (C=O) groups is 3. The Morgan fingerprint density at radius 3 is 2.35 bits per heavy atom. The Kier molecular flexibility index (Phi) is 12.9. The van der Waals surface area contributed by atoms with Gasteiger partial charge in [0.1, 0.15) is 23.7 Å². The second kappa shape index (κ2) is 18.5. The van der Waals surface area contributed by atoms with Gasteiger partial charge in [-0.25, -0.2) is 13.8 Å². The van der Waals surface area contributed by atoms with Crippen molar-refractivity contribution in [3.8, 4) is 11.1 Å². The Bertz CT molecular complexity index is 2590. The molecule has 5 aromatic rings. The molecule has 0 aliphatic carbocycles. The van der Waals surface area contributed by atoms with Crippen LogP contribution in [0.3, 0.4) is 0 Å². The predicted molar refractivity (Wildman–Crippen MR) is 237 cm³/mol. The zero-order chi connectivity index (χ0) is 44.4. The highest BCUT2D eigenvalue weighted by Gasteiger charge is 2.30. The minimum atomic E-state index is -4.14. The smallest absolute Gasteiger partial charge is 0.301 e. The lowest BCUT2D eigenvalue weighted by molar-refractivity contribution is -0.133. The number of amides is 2. The van der Waals surface area contributed by atoms with Crippen molar-refractivity contribution in [2.45, 2.75) is 50.8 Å². The summed E-state index contributed by atoms with van der Waals surface area (Å²) in [7, 11) is -2.83. The Morgan fingerprint density at radius 1 is 0.952 bits per heavy atom. The molecule has 2 amide bonds. The van der Waals surface area contributed by atoms with Gasteiger partial charge in [0, 0.05) is 93.0 Å². The molecule has 3 aliphatic heterocycles. The third-order valence-electron chi connectivity index (χ3n) is 12.5. The van der Waals surface area contributed by atoms with E-state index < -0.39 is 51.1 Å². The second-order valence-electron chi connectivity index (χ2n) is 16.4. The SMILES string of the molecule is CCN(C)S(=O)(=O)Nc1ccc(F)c(C(=O)c2c[nH]c3ncc(-c4ccc(N5CCN(C(O)CN6CCC(c7ccc(NC8CCC(=O)NC8=O)cc7)CC6)CC5)cc4)cc23)c1F. The molecule has 3 aliphatic rings. The molecule has 2 atom stereocenters. The first-order chi connectivity index (χ1) is 30.3. The van der Waals surface area contributed by atoms with E-state index in [-0.39, 0.29) is 23.9 Å². The number of aliphatic hydroxyl groups is 1. The molecule has 63 heavy (non-hydrogen) atoms. The minimum Gasteiger partial charge on any atom is -0.377 e. The Labute approximate surface area is 364 Å². The fourth-order valence-electron chi connectivity index (χ4n) is 8.53. The number of fused-ring (bicyclic) bond motifs is 1. The molecule has 15 nitrogen and oxygen atoms in total. The number of nitrogens with zero attached hydrogens (tertiary/aromatic N) is 5. The van der Waals surface area contributed by atoms with Gasteiger partial charge < -0.3 is 20.3 Å². The van der Waals surface area contributed by atoms with E-state index in [4.69, 9.17) is 0 Å². The van der Waals surface area contributed by atoms with Crippen LogP contribution in [0.4, 0.5) is 25.8 Å². The summed E-state index contributed by atoms with van der Waals surface area (Å²) in [5, 5.41) is 17.2. The molecule has 2 aromatic heterocycles. The molecule has 18 heteroatoms. The van der Waals surface area contributed by atoms with Gasteiger partial charge in [-0.1, -0.05) is 31.2 Å². The molecule has 5 N–H and O–H groups in total. The number of imide groups is 1. The van der Waals surface area contributed by atoms with Crippen molar-refractivity contribution >= 4 is 55.9 Å². The minimum absolute atomic E-state index is 0.0193. The number of aliphatic hydroxyl groups excluding tert-OH is 1. The number of hydrogen-bond donors (Lipinski definition) is 5. The summed E-state index contributed by atoms with van der Waals surface area (Å²) in [6.45, 7) is 6.95. The molecule has 3 aromatic carbocycles. The Hall–Kier alpha value is -5.79. The lowest BCUT2D eigenvalue weighted by Gasteiger charge is -2.41. The van der Waals surface area contributed by atoms with Crippen molar-refractivity contribution in [3.05, 3.63) is 107 Å². The number of piperazine rings is 1. The highest BCUT2D eigenvalue weighted by molar-refractivity contribution is 7.90. The standard InChI is InChI=1S/C45H51F2N9O6S/c1-3-53(2)63(61,62)52-37-13-12-36(46)41(42(37)47)43(59)35-26-49-44-34(35)24-31(25-48-44)29-6-10-33(11-7-29)55-20-22-56(23-21-55)40(58)27-54-18-16-30(17-19-54)28-4-8-32(9-5-28)50-38-14-15-39(57)51-45(38)60/h4-13,24-26,30,38,40,50,52,58H,3,14-23,27H2,1-2H3,(H,48,49)(H,51,57,60). The molecule has 0 spiro atoms. The number of benzene rings is 3. The van der Waals surface area contributed by atoms with Gasteiger partial charge in [-0.2, -0.15) is 12.7 Å². The summed E-state index contributed by atoms with van der Waals surface area (Å²) in [6.07, 6.45) is 5.20. The molecule has 8 rings (SSSR count). The van der Waals surface area contributed by atoms with Crippen LogP contribution in [0, 0.1) is 11.6 Å². The molecule has 3 fully saturated rings. The van der Waals surface area contributed by atoms with E-state index in [1.807, 2.05) is 36.4 Å². The molecule has 5 heterocycles. The zero-order valence-corrected chi connectivity index (χ0v) is 35.9. The molecule has 332 valence electrons. The number of aromatic amines is 1. The van der Waals surface area contributed by atoms with Crippen LogP contribution in [0.1, 0.15) is 60.0 Å². The van der Waals surface area contributed by atoms with Crippen molar-refractivity contribution in [2.24, 2.45) is 0 Å². The van der Waals surface area contributed by atoms with E-state index >= 15 is 8.78 Å². The van der Waals surface area contributed by atoms with E-state index in [1.165, 1.54) is 18.8 Å². The normalized spacial score (nSPS) is 18.8. The van der Waals surface area contributed by atoms with Crippen LogP contribution in [-0.2, 0) is 19.8 Å². The Morgan fingerprint density at radius 2 is 1.67 bits per heavy atom. The maximum atomic E-state index is 15.6. The van der Waals surface area contributed by atoms with Gasteiger partial charge in [-0.3, -0.25) is 34.2 Å². The van der Waals surface area contributed by atoms with Crippen molar-refractivity contribution in [1.29, 1.82) is 0 Å².